The van der Waals surface area contributed by atoms with Crippen LogP contribution in [0.4, 0.5) is 0 Å². The van der Waals surface area contributed by atoms with Gasteiger partial charge < -0.3 is 28.9 Å². The number of benzene rings is 1. The van der Waals surface area contributed by atoms with Crippen molar-refractivity contribution in [3.05, 3.63) is 29.8 Å². The summed E-state index contributed by atoms with van der Waals surface area (Å²) >= 11 is 0. The van der Waals surface area contributed by atoms with E-state index in [2.05, 4.69) is 16.8 Å². The van der Waals surface area contributed by atoms with E-state index in [4.69, 9.17) is 4.74 Å². The molecule has 10 heteroatoms. The van der Waals surface area contributed by atoms with Crippen LogP contribution in [0.1, 0.15) is 57.1 Å². The zero-order valence-electron chi connectivity index (χ0n) is 16.7. The molecule has 0 aliphatic rings. The van der Waals surface area contributed by atoms with Gasteiger partial charge in [-0.1, -0.05) is 44.7 Å². The molecule has 1 aromatic rings. The predicted molar refractivity (Wildman–Crippen MR) is 90.8 cm³/mol. The minimum atomic E-state index is -5.11. The van der Waals surface area contributed by atoms with E-state index in [0.717, 1.165) is 32.1 Å². The van der Waals surface area contributed by atoms with E-state index < -0.39 is 20.5 Å². The van der Waals surface area contributed by atoms with Crippen LogP contribution in [0.25, 0.3) is 0 Å². The summed E-state index contributed by atoms with van der Waals surface area (Å²) in [6, 6.07) is 6.04. The van der Waals surface area contributed by atoms with Crippen molar-refractivity contribution in [3.63, 3.8) is 0 Å². The van der Waals surface area contributed by atoms with Gasteiger partial charge in [0.2, 0.25) is 5.91 Å². The molecular formula is C17H26NNa2O6P. The number of phosphoric ester groups is 1. The first-order chi connectivity index (χ1) is 11.9. The summed E-state index contributed by atoms with van der Waals surface area (Å²) in [6.07, 6.45) is 5.46. The third-order valence-corrected chi connectivity index (χ3v) is 4.23. The fraction of sp³-hybridized carbons (Fsp3) is 0.588. The molecule has 7 nitrogen and oxygen atoms in total. The number of hydrogen-bond donors (Lipinski definition) is 1. The number of unbranched alkanes of at least 4 members (excludes halogenated alkanes) is 4. The molecule has 0 spiro atoms. The maximum atomic E-state index is 12.1. The van der Waals surface area contributed by atoms with Gasteiger partial charge in [-0.25, -0.2) is 0 Å². The van der Waals surface area contributed by atoms with Crippen molar-refractivity contribution < 1.29 is 87.5 Å². The molecule has 0 aliphatic carbocycles. The van der Waals surface area contributed by atoms with Crippen molar-refractivity contribution in [2.75, 3.05) is 13.7 Å². The molecule has 0 radical (unpaired) electrons. The summed E-state index contributed by atoms with van der Waals surface area (Å²) in [5.41, 5.74) is 0.633. The summed E-state index contributed by atoms with van der Waals surface area (Å²) in [5, 5.41) is 2.73. The van der Waals surface area contributed by atoms with E-state index in [1.54, 1.807) is 24.3 Å². The average Bonchev–Trinajstić information content (AvgIpc) is 2.57. The van der Waals surface area contributed by atoms with E-state index in [1.807, 2.05) is 0 Å². The topological polar surface area (TPSA) is 111 Å². The van der Waals surface area contributed by atoms with Gasteiger partial charge in [-0.15, -0.1) is 0 Å². The largest absolute Gasteiger partial charge is 1.00 e. The summed E-state index contributed by atoms with van der Waals surface area (Å²) in [7, 11) is -3.58. The van der Waals surface area contributed by atoms with Crippen LogP contribution in [0.15, 0.2) is 24.3 Å². The third kappa shape index (κ3) is 14.3. The van der Waals surface area contributed by atoms with Gasteiger partial charge in [0.25, 0.3) is 0 Å². The average molecular weight is 417 g/mol. The Morgan fingerprint density at radius 1 is 1.11 bits per heavy atom. The standard InChI is InChI=1S/C17H28NO6P.2Na/c1-3-4-5-6-7-8-17(19)18-16(13-24-25(20,21)22)14-9-11-15(23-2)12-10-14;;/h9-12,16H,3-8,13H2,1-2H3,(H,18,19)(H2,20,21,22);;/q;2*+1/p-2. The molecule has 1 N–H and O–H groups in total. The number of ether oxygens (including phenoxy) is 1. The Morgan fingerprint density at radius 2 is 1.70 bits per heavy atom. The maximum Gasteiger partial charge on any atom is 1.00 e. The van der Waals surface area contributed by atoms with E-state index >= 15 is 0 Å². The first kappa shape index (κ1) is 29.8. The van der Waals surface area contributed by atoms with Crippen molar-refractivity contribution in [1.82, 2.24) is 5.32 Å². The van der Waals surface area contributed by atoms with Gasteiger partial charge in [0, 0.05) is 6.42 Å². The Balaban J connectivity index is 0. The fourth-order valence-corrected chi connectivity index (χ4v) is 2.71. The third-order valence-electron chi connectivity index (χ3n) is 3.76. The second kappa shape index (κ2) is 16.4. The van der Waals surface area contributed by atoms with Gasteiger partial charge in [-0.05, 0) is 24.1 Å². The number of nitrogens with one attached hydrogen (secondary N) is 1. The first-order valence-corrected chi connectivity index (χ1v) is 9.91. The van der Waals surface area contributed by atoms with Crippen molar-refractivity contribution in [3.8, 4) is 5.75 Å². The van der Waals surface area contributed by atoms with Gasteiger partial charge in [0.05, 0.1) is 27.6 Å². The van der Waals surface area contributed by atoms with Crippen LogP contribution in [0.2, 0.25) is 0 Å². The molecule has 0 saturated carbocycles. The first-order valence-electron chi connectivity index (χ1n) is 8.45. The van der Waals surface area contributed by atoms with Gasteiger partial charge >= 0.3 is 59.1 Å². The molecule has 0 fully saturated rings. The number of phosphoric acid groups is 1. The predicted octanol–water partition coefficient (Wildman–Crippen LogP) is -3.93. The Labute approximate surface area is 205 Å². The fourth-order valence-electron chi connectivity index (χ4n) is 2.38. The maximum absolute atomic E-state index is 12.1. The zero-order valence-corrected chi connectivity index (χ0v) is 21.6. The minimum Gasteiger partial charge on any atom is -0.790 e. The van der Waals surface area contributed by atoms with Crippen LogP contribution in [0.3, 0.4) is 0 Å². The van der Waals surface area contributed by atoms with Crippen LogP contribution in [-0.2, 0) is 13.9 Å². The second-order valence-electron chi connectivity index (χ2n) is 5.80. The zero-order chi connectivity index (χ0) is 18.7. The van der Waals surface area contributed by atoms with Crippen molar-refractivity contribution in [2.24, 2.45) is 0 Å². The molecule has 27 heavy (non-hydrogen) atoms. The van der Waals surface area contributed by atoms with Gasteiger partial charge in [0.15, 0.2) is 0 Å². The molecule has 0 aromatic heterocycles. The Hall–Kier alpha value is 0.600. The number of carbonyl (C=O) groups is 1. The SMILES string of the molecule is CCCCCCCC(=O)NC(COP(=O)([O-])[O-])c1ccc(OC)cc1.[Na+].[Na+]. The van der Waals surface area contributed by atoms with Crippen LogP contribution in [0.5, 0.6) is 5.75 Å². The summed E-state index contributed by atoms with van der Waals surface area (Å²) in [5.74, 6) is 0.427. The molecule has 1 amide bonds. The summed E-state index contributed by atoms with van der Waals surface area (Å²) in [4.78, 5) is 33.6. The summed E-state index contributed by atoms with van der Waals surface area (Å²) in [6.45, 7) is 1.69. The Morgan fingerprint density at radius 3 is 2.22 bits per heavy atom. The normalized spacial score (nSPS) is 11.7. The Kier molecular flexibility index (Phi) is 18.1. The van der Waals surface area contributed by atoms with Gasteiger partial charge in [-0.2, -0.15) is 0 Å². The van der Waals surface area contributed by atoms with Crippen LogP contribution < -0.4 is 79.0 Å². The monoisotopic (exact) mass is 417 g/mol. The number of rotatable bonds is 12. The summed E-state index contributed by atoms with van der Waals surface area (Å²) < 4.78 is 20.2. The van der Waals surface area contributed by atoms with E-state index in [-0.39, 0.29) is 65.0 Å². The molecule has 1 rings (SSSR count). The van der Waals surface area contributed by atoms with Crippen LogP contribution in [0, 0.1) is 0 Å². The Bertz CT molecular complexity index is 567. The van der Waals surface area contributed by atoms with Crippen molar-refractivity contribution in [2.45, 2.75) is 51.5 Å². The van der Waals surface area contributed by atoms with E-state index in [1.165, 1.54) is 7.11 Å². The van der Waals surface area contributed by atoms with Gasteiger partial charge in [0.1, 0.15) is 5.75 Å². The van der Waals surface area contributed by atoms with E-state index in [9.17, 15) is 19.1 Å². The van der Waals surface area contributed by atoms with Gasteiger partial charge in [-0.3, -0.25) is 4.79 Å². The molecule has 1 unspecified atom stereocenters. The molecule has 0 aliphatic heterocycles. The quantitative estimate of drug-likeness (QED) is 0.211. The van der Waals surface area contributed by atoms with Crippen molar-refractivity contribution in [1.29, 1.82) is 0 Å². The molecule has 0 bridgehead atoms. The minimum absolute atomic E-state index is 0. The number of carbonyl (C=O) groups excluding carboxylic acids is 1. The molecule has 1 atom stereocenters. The van der Waals surface area contributed by atoms with Crippen LogP contribution in [-0.4, -0.2) is 19.6 Å². The molecule has 0 saturated heterocycles. The second-order valence-corrected chi connectivity index (χ2v) is 6.95. The van der Waals surface area contributed by atoms with Crippen LogP contribution >= 0.6 is 7.82 Å². The number of hydrogen-bond acceptors (Lipinski definition) is 6. The molecule has 1 aromatic carbocycles. The molecule has 142 valence electrons. The van der Waals surface area contributed by atoms with E-state index in [0.29, 0.717) is 17.7 Å². The number of amides is 1. The smallest absolute Gasteiger partial charge is 0.790 e. The molecular weight excluding hydrogens is 391 g/mol. The van der Waals surface area contributed by atoms with Crippen molar-refractivity contribution >= 4 is 13.7 Å². The number of methoxy groups -OCH3 is 1. The molecule has 0 heterocycles.